The number of hydrogen-bond acceptors (Lipinski definition) is 3. The van der Waals surface area contributed by atoms with Crippen LogP contribution in [0.4, 0.5) is 0 Å². The third kappa shape index (κ3) is 1.61. The summed E-state index contributed by atoms with van der Waals surface area (Å²) < 4.78 is 0. The number of rotatable bonds is 1. The molecule has 0 radical (unpaired) electrons. The van der Waals surface area contributed by atoms with Gasteiger partial charge in [0.05, 0.1) is 5.16 Å². The highest BCUT2D eigenvalue weighted by Crippen LogP contribution is 2.24. The van der Waals surface area contributed by atoms with Gasteiger partial charge in [0, 0.05) is 10.5 Å². The Morgan fingerprint density at radius 3 is 2.85 bits per heavy atom. The molecular formula is C7H4Cl2N3S-. The number of aromatic nitrogens is 3. The first-order valence-corrected chi connectivity index (χ1v) is 5.39. The molecule has 0 aliphatic heterocycles. The van der Waals surface area contributed by atoms with E-state index in [9.17, 15) is 0 Å². The molecule has 2 heterocycles. The predicted octanol–water partition coefficient (Wildman–Crippen LogP) is 2.62. The maximum Gasteiger partial charge on any atom is 0.137 e. The van der Waals surface area contributed by atoms with Gasteiger partial charge in [0.25, 0.3) is 0 Å². The Morgan fingerprint density at radius 2 is 2.15 bits per heavy atom. The predicted molar refractivity (Wildman–Crippen MR) is 54.7 cm³/mol. The largest absolute Gasteiger partial charge is 0.426 e. The molecule has 0 fully saturated rings. The molecule has 0 unspecified atom stereocenters. The van der Waals surface area contributed by atoms with Crippen LogP contribution >= 0.6 is 35.0 Å². The maximum absolute atomic E-state index is 5.89. The zero-order valence-electron chi connectivity index (χ0n) is 6.58. The second-order valence-electron chi connectivity index (χ2n) is 2.32. The molecule has 0 aliphatic rings. The van der Waals surface area contributed by atoms with Gasteiger partial charge in [0.15, 0.2) is 0 Å². The van der Waals surface area contributed by atoms with Crippen molar-refractivity contribution in [2.45, 2.75) is 5.16 Å². The molecule has 0 atom stereocenters. The van der Waals surface area contributed by atoms with Gasteiger partial charge in [-0.25, -0.2) is 4.98 Å². The van der Waals surface area contributed by atoms with E-state index in [-0.39, 0.29) is 0 Å². The van der Waals surface area contributed by atoms with Crippen molar-refractivity contribution in [3.8, 4) is 0 Å². The molecule has 0 saturated heterocycles. The smallest absolute Gasteiger partial charge is 0.137 e. The van der Waals surface area contributed by atoms with E-state index in [0.717, 1.165) is 0 Å². The van der Waals surface area contributed by atoms with Crippen LogP contribution in [-0.4, -0.2) is 16.2 Å². The molecule has 2 aromatic heterocycles. The fraction of sp³-hybridized carbons (Fsp3) is 0.143. The normalized spacial score (nSPS) is 11.0. The van der Waals surface area contributed by atoms with Crippen molar-refractivity contribution in [2.24, 2.45) is 0 Å². The summed E-state index contributed by atoms with van der Waals surface area (Å²) in [5.74, 6) is 0. The van der Waals surface area contributed by atoms with Gasteiger partial charge in [-0.3, -0.25) is 0 Å². The Hall–Kier alpha value is -0.450. The first-order valence-electron chi connectivity index (χ1n) is 3.41. The van der Waals surface area contributed by atoms with Gasteiger partial charge in [-0.2, -0.15) is 0 Å². The Bertz CT molecular complexity index is 454. The molecule has 6 heteroatoms. The van der Waals surface area contributed by atoms with Crippen LogP contribution in [0.1, 0.15) is 0 Å². The van der Waals surface area contributed by atoms with Crippen molar-refractivity contribution >= 4 is 46.0 Å². The molecule has 0 saturated carbocycles. The van der Waals surface area contributed by atoms with Crippen LogP contribution in [0.15, 0.2) is 11.2 Å². The van der Waals surface area contributed by atoms with Crippen LogP contribution in [-0.2, 0) is 0 Å². The number of thioether (sulfide) groups is 1. The fourth-order valence-corrected chi connectivity index (χ4v) is 1.78. The third-order valence-corrected chi connectivity index (χ3v) is 2.55. The van der Waals surface area contributed by atoms with Gasteiger partial charge in [0.1, 0.15) is 5.15 Å². The van der Waals surface area contributed by atoms with E-state index in [1.807, 2.05) is 6.26 Å². The second kappa shape index (κ2) is 3.36. The molecule has 3 nitrogen and oxygen atoms in total. The summed E-state index contributed by atoms with van der Waals surface area (Å²) >= 11 is 13.0. The summed E-state index contributed by atoms with van der Waals surface area (Å²) in [6.45, 7) is 0. The summed E-state index contributed by atoms with van der Waals surface area (Å²) in [6.07, 6.45) is 1.88. The third-order valence-electron chi connectivity index (χ3n) is 1.52. The van der Waals surface area contributed by atoms with Crippen LogP contribution in [0.25, 0.3) is 11.0 Å². The van der Waals surface area contributed by atoms with Crippen molar-refractivity contribution in [3.05, 3.63) is 16.4 Å². The van der Waals surface area contributed by atoms with Crippen LogP contribution in [0, 0.1) is 0 Å². The minimum Gasteiger partial charge on any atom is -0.426 e. The van der Waals surface area contributed by atoms with E-state index in [2.05, 4.69) is 15.0 Å². The van der Waals surface area contributed by atoms with Crippen LogP contribution in [0.5, 0.6) is 0 Å². The Kier molecular flexibility index (Phi) is 2.36. The molecule has 2 rings (SSSR count). The van der Waals surface area contributed by atoms with E-state index < -0.39 is 0 Å². The summed E-state index contributed by atoms with van der Waals surface area (Å²) in [6, 6.07) is 1.66. The van der Waals surface area contributed by atoms with Crippen LogP contribution in [0.3, 0.4) is 0 Å². The van der Waals surface area contributed by atoms with Gasteiger partial charge in [-0.05, 0) is 18.0 Å². The van der Waals surface area contributed by atoms with Crippen molar-refractivity contribution in [3.63, 3.8) is 0 Å². The van der Waals surface area contributed by atoms with E-state index >= 15 is 0 Å². The highest BCUT2D eigenvalue weighted by Gasteiger charge is 2.00. The van der Waals surface area contributed by atoms with Crippen molar-refractivity contribution in [1.29, 1.82) is 0 Å². The molecule has 0 N–H and O–H groups in total. The zero-order valence-corrected chi connectivity index (χ0v) is 8.91. The fourth-order valence-electron chi connectivity index (χ4n) is 0.965. The molecule has 13 heavy (non-hydrogen) atoms. The van der Waals surface area contributed by atoms with Gasteiger partial charge >= 0.3 is 0 Å². The molecule has 0 aromatic carbocycles. The molecule has 0 bridgehead atoms. The Balaban J connectivity index is 2.75. The van der Waals surface area contributed by atoms with Gasteiger partial charge in [0.2, 0.25) is 0 Å². The monoisotopic (exact) mass is 232 g/mol. The van der Waals surface area contributed by atoms with Crippen molar-refractivity contribution in [2.75, 3.05) is 6.26 Å². The van der Waals surface area contributed by atoms with Crippen LogP contribution < -0.4 is 4.98 Å². The summed E-state index contributed by atoms with van der Waals surface area (Å²) in [5, 5.41) is 2.09. The van der Waals surface area contributed by atoms with E-state index in [4.69, 9.17) is 23.2 Å². The van der Waals surface area contributed by atoms with Gasteiger partial charge in [-0.1, -0.05) is 23.2 Å². The molecule has 0 spiro atoms. The van der Waals surface area contributed by atoms with E-state index in [1.165, 1.54) is 11.8 Å². The summed E-state index contributed by atoms with van der Waals surface area (Å²) in [7, 11) is 0. The maximum atomic E-state index is 5.89. The Labute approximate surface area is 88.9 Å². The average Bonchev–Trinajstić information content (AvgIpc) is 2.46. The Morgan fingerprint density at radius 1 is 1.38 bits per heavy atom. The van der Waals surface area contributed by atoms with Gasteiger partial charge < -0.3 is 9.97 Å². The highest BCUT2D eigenvalue weighted by molar-refractivity contribution is 7.98. The van der Waals surface area contributed by atoms with Crippen LogP contribution in [0.2, 0.25) is 10.3 Å². The molecule has 68 valence electrons. The molecular weight excluding hydrogens is 229 g/mol. The molecule has 0 amide bonds. The minimum absolute atomic E-state index is 0.393. The topological polar surface area (TPSA) is 39.9 Å². The number of nitrogens with zero attached hydrogens (tertiary/aromatic N) is 3. The van der Waals surface area contributed by atoms with E-state index in [1.54, 1.807) is 6.07 Å². The first kappa shape index (κ1) is 9.12. The SMILES string of the molecule is CSc1nc(Cl)c2cc(Cl)[n-]c2n1. The first-order chi connectivity index (χ1) is 6.20. The lowest BCUT2D eigenvalue weighted by Crippen LogP contribution is -1.88. The van der Waals surface area contributed by atoms with Crippen molar-refractivity contribution < 1.29 is 0 Å². The average molecular weight is 233 g/mol. The summed E-state index contributed by atoms with van der Waals surface area (Å²) in [4.78, 5) is 12.2. The lowest BCUT2D eigenvalue weighted by Gasteiger charge is -2.04. The zero-order chi connectivity index (χ0) is 9.42. The minimum atomic E-state index is 0.393. The number of fused-ring (bicyclic) bond motifs is 1. The number of hydrogen-bond donors (Lipinski definition) is 0. The van der Waals surface area contributed by atoms with E-state index in [0.29, 0.717) is 26.5 Å². The standard InChI is InChI=1S/C7H4Cl2N3S/c1-13-7-11-5(9)3-2-4(8)10-6(3)12-7/h2H,1H3/q-1. The summed E-state index contributed by atoms with van der Waals surface area (Å²) in [5.41, 5.74) is 0.550. The lowest BCUT2D eigenvalue weighted by atomic mass is 10.4. The number of halogens is 2. The molecule has 0 aliphatic carbocycles. The highest BCUT2D eigenvalue weighted by atomic mass is 35.5. The quantitative estimate of drug-likeness (QED) is 0.431. The van der Waals surface area contributed by atoms with Crippen molar-refractivity contribution in [1.82, 2.24) is 15.0 Å². The second-order valence-corrected chi connectivity index (χ2v) is 3.84. The lowest BCUT2D eigenvalue weighted by molar-refractivity contribution is 0.997. The van der Waals surface area contributed by atoms with Gasteiger partial charge in [-0.15, -0.1) is 11.8 Å². The molecule has 2 aromatic rings.